The van der Waals surface area contributed by atoms with Crippen LogP contribution in [0.3, 0.4) is 0 Å². The summed E-state index contributed by atoms with van der Waals surface area (Å²) in [5.41, 5.74) is 18.3. The van der Waals surface area contributed by atoms with E-state index in [1.807, 2.05) is 0 Å². The Hall–Kier alpha value is -5.86. The van der Waals surface area contributed by atoms with Gasteiger partial charge in [0.05, 0.1) is 11.0 Å². The molecule has 300 valence electrons. The van der Waals surface area contributed by atoms with Crippen LogP contribution in [-0.2, 0) is 5.41 Å². The minimum atomic E-state index is -0.189. The van der Waals surface area contributed by atoms with E-state index in [1.54, 1.807) is 11.1 Å². The maximum Gasteiger partial charge on any atom is 0.0544 e. The predicted octanol–water partition coefficient (Wildman–Crippen LogP) is 16.0. The molecule has 0 saturated heterocycles. The second kappa shape index (κ2) is 13.6. The average Bonchev–Trinajstić information content (AvgIpc) is 4.19. The van der Waals surface area contributed by atoms with Crippen molar-refractivity contribution in [1.82, 2.24) is 4.57 Å². The molecule has 5 aliphatic rings. The Morgan fingerprint density at radius 2 is 1.03 bits per heavy atom. The van der Waals surface area contributed by atoms with Gasteiger partial charge in [-0.3, -0.25) is 0 Å². The summed E-state index contributed by atoms with van der Waals surface area (Å²) in [7, 11) is 0. The van der Waals surface area contributed by atoms with Crippen LogP contribution in [0, 0.1) is 23.7 Å². The Labute approximate surface area is 360 Å². The van der Waals surface area contributed by atoms with Crippen LogP contribution in [0.4, 0.5) is 17.1 Å². The van der Waals surface area contributed by atoms with Crippen LogP contribution >= 0.6 is 0 Å². The first kappa shape index (κ1) is 35.9. The molecule has 4 saturated carbocycles. The van der Waals surface area contributed by atoms with Crippen LogP contribution < -0.4 is 4.90 Å². The summed E-state index contributed by atoms with van der Waals surface area (Å²) >= 11 is 0. The smallest absolute Gasteiger partial charge is 0.0544 e. The second-order valence-electron chi connectivity index (χ2n) is 20.1. The molecular weight excluding hydrogens is 737 g/mol. The highest BCUT2D eigenvalue weighted by molar-refractivity contribution is 6.12. The Kier molecular flexibility index (Phi) is 7.98. The summed E-state index contributed by atoms with van der Waals surface area (Å²) in [4.78, 5) is 2.53. The third-order valence-electron chi connectivity index (χ3n) is 16.6. The van der Waals surface area contributed by atoms with Gasteiger partial charge in [0.2, 0.25) is 0 Å². The molecule has 1 aromatic heterocycles. The SMILES string of the molecule is CC1(C)c2cc(N(c3ccc(C4CC5CCC4C5)cc3)c3ccc(C4CC5CCC4C5)cc3)ccc2-c2cc3c4cc(-c5ccccc5)ccc4n(-c4ccccc4)c3cc21. The fourth-order valence-electron chi connectivity index (χ4n) is 13.5. The van der Waals surface area contributed by atoms with Gasteiger partial charge in [0.25, 0.3) is 0 Å². The van der Waals surface area contributed by atoms with Crippen LogP contribution in [0.2, 0.25) is 0 Å². The van der Waals surface area contributed by atoms with Gasteiger partial charge in [-0.2, -0.15) is 0 Å². The van der Waals surface area contributed by atoms with Crippen molar-refractivity contribution < 1.29 is 0 Å². The van der Waals surface area contributed by atoms with Crippen molar-refractivity contribution in [2.24, 2.45) is 23.7 Å². The van der Waals surface area contributed by atoms with E-state index in [0.29, 0.717) is 0 Å². The lowest BCUT2D eigenvalue weighted by molar-refractivity contribution is 0.420. The number of hydrogen-bond donors (Lipinski definition) is 0. The molecule has 7 aromatic carbocycles. The van der Waals surface area contributed by atoms with Gasteiger partial charge < -0.3 is 9.47 Å². The largest absolute Gasteiger partial charge is 0.310 e. The lowest BCUT2D eigenvalue weighted by Gasteiger charge is -2.29. The molecule has 2 heteroatoms. The molecule has 0 aliphatic heterocycles. The summed E-state index contributed by atoms with van der Waals surface area (Å²) in [5.74, 6) is 5.12. The zero-order valence-corrected chi connectivity index (χ0v) is 35.5. The highest BCUT2D eigenvalue weighted by atomic mass is 15.1. The van der Waals surface area contributed by atoms with E-state index in [2.05, 4.69) is 181 Å². The third-order valence-corrected chi connectivity index (χ3v) is 16.6. The van der Waals surface area contributed by atoms with Crippen LogP contribution in [0.5, 0.6) is 0 Å². The fraction of sp³-hybridized carbons (Fsp3) is 0.288. The molecule has 6 atom stereocenters. The number of hydrogen-bond acceptors (Lipinski definition) is 1. The van der Waals surface area contributed by atoms with E-state index in [9.17, 15) is 0 Å². The molecule has 0 N–H and O–H groups in total. The van der Waals surface area contributed by atoms with Gasteiger partial charge in [0.1, 0.15) is 0 Å². The quantitative estimate of drug-likeness (QED) is 0.156. The minimum absolute atomic E-state index is 0.189. The van der Waals surface area contributed by atoms with Crippen molar-refractivity contribution in [3.05, 3.63) is 180 Å². The zero-order valence-electron chi connectivity index (χ0n) is 35.5. The Bertz CT molecular complexity index is 2900. The molecule has 1 heterocycles. The Morgan fingerprint density at radius 1 is 0.459 bits per heavy atom. The summed E-state index contributed by atoms with van der Waals surface area (Å²) in [5, 5.41) is 2.59. The summed E-state index contributed by atoms with van der Waals surface area (Å²) in [6.07, 6.45) is 11.4. The van der Waals surface area contributed by atoms with Crippen LogP contribution in [0.15, 0.2) is 158 Å². The first-order valence-corrected chi connectivity index (χ1v) is 23.3. The zero-order chi connectivity index (χ0) is 40.4. The van der Waals surface area contributed by atoms with Gasteiger partial charge in [-0.25, -0.2) is 0 Å². The maximum atomic E-state index is 2.53. The normalized spacial score (nSPS) is 24.2. The number of fused-ring (bicyclic) bond motifs is 10. The van der Waals surface area contributed by atoms with Crippen LogP contribution in [-0.4, -0.2) is 4.57 Å². The number of nitrogens with zero attached hydrogens (tertiary/aromatic N) is 2. The molecule has 6 unspecified atom stereocenters. The lowest BCUT2D eigenvalue weighted by Crippen LogP contribution is -2.17. The molecule has 0 radical (unpaired) electrons. The van der Waals surface area contributed by atoms with Crippen molar-refractivity contribution in [3.8, 4) is 27.9 Å². The van der Waals surface area contributed by atoms with E-state index < -0.39 is 0 Å². The molecule has 0 amide bonds. The maximum absolute atomic E-state index is 2.53. The molecular formula is C59H54N2. The second-order valence-corrected chi connectivity index (χ2v) is 20.1. The number of para-hydroxylation sites is 1. The van der Waals surface area contributed by atoms with E-state index in [1.165, 1.54) is 129 Å². The molecule has 4 fully saturated rings. The van der Waals surface area contributed by atoms with Gasteiger partial charge in [0.15, 0.2) is 0 Å². The van der Waals surface area contributed by atoms with Gasteiger partial charge in [0, 0.05) is 38.9 Å². The van der Waals surface area contributed by atoms with Crippen molar-refractivity contribution in [2.45, 2.75) is 82.5 Å². The van der Waals surface area contributed by atoms with E-state index >= 15 is 0 Å². The van der Waals surface area contributed by atoms with Crippen molar-refractivity contribution >= 4 is 38.9 Å². The molecule has 4 bridgehead atoms. The first-order valence-electron chi connectivity index (χ1n) is 23.3. The van der Waals surface area contributed by atoms with E-state index in [0.717, 1.165) is 35.5 Å². The van der Waals surface area contributed by atoms with Crippen molar-refractivity contribution in [1.29, 1.82) is 0 Å². The monoisotopic (exact) mass is 790 g/mol. The molecule has 61 heavy (non-hydrogen) atoms. The van der Waals surface area contributed by atoms with Crippen molar-refractivity contribution in [3.63, 3.8) is 0 Å². The average molecular weight is 791 g/mol. The molecule has 2 nitrogen and oxygen atoms in total. The fourth-order valence-corrected chi connectivity index (χ4v) is 13.5. The highest BCUT2D eigenvalue weighted by Crippen LogP contribution is 2.56. The van der Waals surface area contributed by atoms with E-state index in [-0.39, 0.29) is 5.41 Å². The van der Waals surface area contributed by atoms with Gasteiger partial charge in [-0.15, -0.1) is 0 Å². The van der Waals surface area contributed by atoms with Gasteiger partial charge >= 0.3 is 0 Å². The first-order chi connectivity index (χ1) is 29.9. The molecule has 13 rings (SSSR count). The molecule has 0 spiro atoms. The Balaban J connectivity index is 0.936. The van der Waals surface area contributed by atoms with Crippen molar-refractivity contribution in [2.75, 3.05) is 4.90 Å². The third kappa shape index (κ3) is 5.60. The number of aromatic nitrogens is 1. The number of benzene rings is 7. The lowest BCUT2D eigenvalue weighted by atomic mass is 9.82. The predicted molar refractivity (Wildman–Crippen MR) is 255 cm³/mol. The molecule has 5 aliphatic carbocycles. The van der Waals surface area contributed by atoms with E-state index in [4.69, 9.17) is 0 Å². The minimum Gasteiger partial charge on any atom is -0.310 e. The van der Waals surface area contributed by atoms with Crippen LogP contribution in [0.1, 0.15) is 99.3 Å². The van der Waals surface area contributed by atoms with Crippen LogP contribution in [0.25, 0.3) is 49.7 Å². The Morgan fingerprint density at radius 3 is 1.62 bits per heavy atom. The summed E-state index contributed by atoms with van der Waals surface area (Å²) in [6, 6.07) is 60.6. The van der Waals surface area contributed by atoms with Gasteiger partial charge in [-0.05, 0) is 191 Å². The van der Waals surface area contributed by atoms with Gasteiger partial charge in [-0.1, -0.05) is 112 Å². The topological polar surface area (TPSA) is 8.17 Å². The standard InChI is InChI=1S/C59H54N2/c1-59(2)55-34-48(60(46-22-17-40(18-23-46)50-31-37-13-15-43(50)29-37)47-24-19-41(20-25-47)51-32-38-14-16-44(51)30-38)26-27-49(55)52-35-54-53-33-42(39-9-5-3-6-10-39)21-28-57(53)61(58(54)36-56(52)59)45-11-7-4-8-12-45/h3-12,17-28,33-38,43-44,50-51H,13-16,29-32H2,1-2H3. The summed E-state index contributed by atoms with van der Waals surface area (Å²) < 4.78 is 2.48. The molecule has 8 aromatic rings. The number of anilines is 3. The highest BCUT2D eigenvalue weighted by Gasteiger charge is 2.42. The number of rotatable bonds is 7. The summed E-state index contributed by atoms with van der Waals surface area (Å²) in [6.45, 7) is 4.88.